The van der Waals surface area contributed by atoms with Crippen molar-refractivity contribution >= 4 is 5.91 Å². The molecule has 0 aliphatic carbocycles. The molecule has 0 bridgehead atoms. The molecule has 1 aromatic carbocycles. The summed E-state index contributed by atoms with van der Waals surface area (Å²) in [6.45, 7) is 1.13. The molecule has 1 saturated heterocycles. The van der Waals surface area contributed by atoms with E-state index in [-0.39, 0.29) is 24.2 Å². The van der Waals surface area contributed by atoms with E-state index >= 15 is 0 Å². The van der Waals surface area contributed by atoms with Crippen LogP contribution in [0.1, 0.15) is 42.3 Å². The van der Waals surface area contributed by atoms with Crippen molar-refractivity contribution < 1.29 is 13.9 Å². The van der Waals surface area contributed by atoms with E-state index in [1.807, 2.05) is 0 Å². The van der Waals surface area contributed by atoms with Crippen molar-refractivity contribution in [3.8, 4) is 0 Å². The first kappa shape index (κ1) is 16.5. The average Bonchev–Trinajstić information content (AvgIpc) is 2.63. The Kier molecular flexibility index (Phi) is 5.48. The summed E-state index contributed by atoms with van der Waals surface area (Å²) in [4.78, 5) is 20.6. The minimum absolute atomic E-state index is 0.0131. The van der Waals surface area contributed by atoms with E-state index in [0.29, 0.717) is 12.4 Å². The fraction of sp³-hybridized carbons (Fsp3) is 0.389. The van der Waals surface area contributed by atoms with Crippen LogP contribution in [0.3, 0.4) is 0 Å². The SMILES string of the molecule is O=C(Cc1ccc(F)cc1)NCc1cnc([C@@H]2CCCCO2)nc1. The highest BCUT2D eigenvalue weighted by Crippen LogP contribution is 2.24. The zero-order chi connectivity index (χ0) is 16.8. The van der Waals surface area contributed by atoms with Gasteiger partial charge in [-0.3, -0.25) is 4.79 Å². The molecular formula is C18H20FN3O2. The molecule has 0 radical (unpaired) electrons. The van der Waals surface area contributed by atoms with E-state index < -0.39 is 0 Å². The lowest BCUT2D eigenvalue weighted by Crippen LogP contribution is -2.25. The zero-order valence-corrected chi connectivity index (χ0v) is 13.4. The Balaban J connectivity index is 1.49. The van der Waals surface area contributed by atoms with Crippen molar-refractivity contribution in [2.75, 3.05) is 6.61 Å². The van der Waals surface area contributed by atoms with Crippen molar-refractivity contribution in [3.05, 3.63) is 59.4 Å². The van der Waals surface area contributed by atoms with E-state index in [1.165, 1.54) is 12.1 Å². The summed E-state index contributed by atoms with van der Waals surface area (Å²) in [5.41, 5.74) is 1.61. The molecule has 3 rings (SSSR count). The van der Waals surface area contributed by atoms with Gasteiger partial charge in [-0.1, -0.05) is 12.1 Å². The average molecular weight is 329 g/mol. The normalized spacial score (nSPS) is 17.5. The Morgan fingerprint density at radius 3 is 2.58 bits per heavy atom. The number of hydrogen-bond acceptors (Lipinski definition) is 4. The Labute approximate surface area is 140 Å². The van der Waals surface area contributed by atoms with E-state index in [0.717, 1.165) is 37.0 Å². The number of aromatic nitrogens is 2. The van der Waals surface area contributed by atoms with Crippen LogP contribution in [0.25, 0.3) is 0 Å². The lowest BCUT2D eigenvalue weighted by atomic mass is 10.1. The predicted octanol–water partition coefficient (Wildman–Crippen LogP) is 2.72. The molecule has 6 heteroatoms. The number of nitrogens with one attached hydrogen (secondary N) is 1. The van der Waals surface area contributed by atoms with Crippen LogP contribution in [-0.4, -0.2) is 22.5 Å². The van der Waals surface area contributed by atoms with Gasteiger partial charge in [-0.05, 0) is 37.0 Å². The molecule has 1 amide bonds. The van der Waals surface area contributed by atoms with Gasteiger partial charge in [0.25, 0.3) is 0 Å². The van der Waals surface area contributed by atoms with Crippen LogP contribution in [0.15, 0.2) is 36.7 Å². The van der Waals surface area contributed by atoms with Gasteiger partial charge in [0, 0.05) is 31.1 Å². The second-order valence-electron chi connectivity index (χ2n) is 5.88. The van der Waals surface area contributed by atoms with Crippen LogP contribution >= 0.6 is 0 Å². The number of amides is 1. The van der Waals surface area contributed by atoms with E-state index in [4.69, 9.17) is 4.74 Å². The zero-order valence-electron chi connectivity index (χ0n) is 13.4. The molecule has 0 saturated carbocycles. The molecule has 0 spiro atoms. The first-order chi connectivity index (χ1) is 11.7. The van der Waals surface area contributed by atoms with Crippen LogP contribution < -0.4 is 5.32 Å². The highest BCUT2D eigenvalue weighted by atomic mass is 19.1. The molecule has 1 aromatic heterocycles. The lowest BCUT2D eigenvalue weighted by molar-refractivity contribution is -0.120. The Bertz CT molecular complexity index is 668. The first-order valence-corrected chi connectivity index (χ1v) is 8.14. The second-order valence-corrected chi connectivity index (χ2v) is 5.88. The summed E-state index contributed by atoms with van der Waals surface area (Å²) in [5.74, 6) is 0.274. The number of carbonyl (C=O) groups is 1. The summed E-state index contributed by atoms with van der Waals surface area (Å²) in [6.07, 6.45) is 6.82. The van der Waals surface area contributed by atoms with Crippen molar-refractivity contribution in [1.82, 2.24) is 15.3 Å². The molecule has 2 aromatic rings. The van der Waals surface area contributed by atoms with E-state index in [9.17, 15) is 9.18 Å². The molecule has 1 aliphatic heterocycles. The van der Waals surface area contributed by atoms with Crippen molar-refractivity contribution in [2.45, 2.75) is 38.3 Å². The minimum Gasteiger partial charge on any atom is -0.370 e. The summed E-state index contributed by atoms with van der Waals surface area (Å²) in [5, 5.41) is 2.82. The van der Waals surface area contributed by atoms with Crippen LogP contribution in [-0.2, 0) is 22.5 Å². The van der Waals surface area contributed by atoms with Gasteiger partial charge in [-0.2, -0.15) is 0 Å². The number of halogens is 1. The third kappa shape index (κ3) is 4.58. The first-order valence-electron chi connectivity index (χ1n) is 8.14. The van der Waals surface area contributed by atoms with Crippen molar-refractivity contribution in [2.24, 2.45) is 0 Å². The number of ether oxygens (including phenoxy) is 1. The maximum Gasteiger partial charge on any atom is 0.224 e. The van der Waals surface area contributed by atoms with E-state index in [1.54, 1.807) is 24.5 Å². The highest BCUT2D eigenvalue weighted by molar-refractivity contribution is 5.78. The van der Waals surface area contributed by atoms with Gasteiger partial charge < -0.3 is 10.1 Å². The smallest absolute Gasteiger partial charge is 0.224 e. The van der Waals surface area contributed by atoms with Crippen molar-refractivity contribution in [1.29, 1.82) is 0 Å². The monoisotopic (exact) mass is 329 g/mol. The maximum absolute atomic E-state index is 12.8. The van der Waals surface area contributed by atoms with Crippen LogP contribution in [0.5, 0.6) is 0 Å². The fourth-order valence-corrected chi connectivity index (χ4v) is 2.62. The van der Waals surface area contributed by atoms with E-state index in [2.05, 4.69) is 15.3 Å². The topological polar surface area (TPSA) is 64.1 Å². The van der Waals surface area contributed by atoms with Gasteiger partial charge in [-0.25, -0.2) is 14.4 Å². The Hall–Kier alpha value is -2.34. The number of hydrogen-bond donors (Lipinski definition) is 1. The fourth-order valence-electron chi connectivity index (χ4n) is 2.62. The molecule has 0 unspecified atom stereocenters. The van der Waals surface area contributed by atoms with Crippen LogP contribution in [0.2, 0.25) is 0 Å². The quantitative estimate of drug-likeness (QED) is 0.916. The van der Waals surface area contributed by atoms with Crippen molar-refractivity contribution in [3.63, 3.8) is 0 Å². The molecule has 1 aliphatic rings. The Morgan fingerprint density at radius 1 is 1.17 bits per heavy atom. The largest absolute Gasteiger partial charge is 0.370 e. The minimum atomic E-state index is -0.307. The summed E-state index contributed by atoms with van der Waals surface area (Å²) >= 11 is 0. The predicted molar refractivity (Wildman–Crippen MR) is 86.5 cm³/mol. The summed E-state index contributed by atoms with van der Waals surface area (Å²) < 4.78 is 18.5. The molecular weight excluding hydrogens is 309 g/mol. The van der Waals surface area contributed by atoms with Crippen LogP contribution in [0.4, 0.5) is 4.39 Å². The Morgan fingerprint density at radius 2 is 1.92 bits per heavy atom. The maximum atomic E-state index is 12.8. The molecule has 1 N–H and O–H groups in total. The van der Waals surface area contributed by atoms with Gasteiger partial charge in [-0.15, -0.1) is 0 Å². The van der Waals surface area contributed by atoms with Gasteiger partial charge in [0.15, 0.2) is 5.82 Å². The number of benzene rings is 1. The second kappa shape index (κ2) is 7.97. The third-order valence-electron chi connectivity index (χ3n) is 3.96. The number of carbonyl (C=O) groups excluding carboxylic acids is 1. The molecule has 2 heterocycles. The standard InChI is InChI=1S/C18H20FN3O2/c19-15-6-4-13(5-7-15)9-17(23)20-10-14-11-21-18(22-12-14)16-3-1-2-8-24-16/h4-7,11-12,16H,1-3,8-10H2,(H,20,23)/t16-/m0/s1. The van der Waals surface area contributed by atoms with Gasteiger partial charge in [0.2, 0.25) is 5.91 Å². The highest BCUT2D eigenvalue weighted by Gasteiger charge is 2.18. The van der Waals surface area contributed by atoms with Gasteiger partial charge in [0.05, 0.1) is 6.42 Å². The number of nitrogens with zero attached hydrogens (tertiary/aromatic N) is 2. The lowest BCUT2D eigenvalue weighted by Gasteiger charge is -2.21. The summed E-state index contributed by atoms with van der Waals surface area (Å²) in [7, 11) is 0. The molecule has 24 heavy (non-hydrogen) atoms. The molecule has 126 valence electrons. The molecule has 5 nitrogen and oxygen atoms in total. The molecule has 1 atom stereocenters. The number of rotatable bonds is 5. The molecule has 1 fully saturated rings. The van der Waals surface area contributed by atoms with Crippen LogP contribution in [0, 0.1) is 5.82 Å². The van der Waals surface area contributed by atoms with Gasteiger partial charge >= 0.3 is 0 Å². The summed E-state index contributed by atoms with van der Waals surface area (Å²) in [6, 6.07) is 5.92. The third-order valence-corrected chi connectivity index (χ3v) is 3.96. The van der Waals surface area contributed by atoms with Gasteiger partial charge in [0.1, 0.15) is 11.9 Å².